The van der Waals surface area contributed by atoms with Crippen molar-refractivity contribution >= 4 is 33.0 Å². The van der Waals surface area contributed by atoms with Gasteiger partial charge in [0, 0.05) is 18.4 Å². The molecule has 1 unspecified atom stereocenters. The quantitative estimate of drug-likeness (QED) is 0.842. The molecule has 0 bridgehead atoms. The van der Waals surface area contributed by atoms with Crippen molar-refractivity contribution in [2.24, 2.45) is 5.73 Å². The van der Waals surface area contributed by atoms with Gasteiger partial charge in [-0.1, -0.05) is 12.2 Å². The Balaban J connectivity index is 2.24. The van der Waals surface area contributed by atoms with Gasteiger partial charge in [-0.2, -0.15) is 0 Å². The molecule has 1 aliphatic rings. The van der Waals surface area contributed by atoms with Crippen LogP contribution in [-0.2, 0) is 9.84 Å². The fourth-order valence-electron chi connectivity index (χ4n) is 2.32. The van der Waals surface area contributed by atoms with Crippen LogP contribution in [0.1, 0.15) is 23.2 Å². The Morgan fingerprint density at radius 3 is 2.45 bits per heavy atom. The van der Waals surface area contributed by atoms with Crippen molar-refractivity contribution in [3.63, 3.8) is 0 Å². The van der Waals surface area contributed by atoms with Crippen molar-refractivity contribution in [3.05, 3.63) is 29.8 Å². The van der Waals surface area contributed by atoms with Gasteiger partial charge in [0.15, 0.2) is 9.84 Å². The summed E-state index contributed by atoms with van der Waals surface area (Å²) >= 11 is 4.98. The van der Waals surface area contributed by atoms with Gasteiger partial charge in [0.25, 0.3) is 5.91 Å². The summed E-state index contributed by atoms with van der Waals surface area (Å²) in [6.45, 7) is 0.620. The minimum Gasteiger partial charge on any atom is -0.392 e. The molecule has 0 spiro atoms. The lowest BCUT2D eigenvalue weighted by molar-refractivity contribution is 0.0770. The maximum atomic E-state index is 12.4. The molecule has 1 aromatic rings. The van der Waals surface area contributed by atoms with Crippen molar-refractivity contribution in [2.75, 3.05) is 12.8 Å². The molecule has 1 aliphatic heterocycles. The lowest BCUT2D eigenvalue weighted by Crippen LogP contribution is -2.42. The highest BCUT2D eigenvalue weighted by molar-refractivity contribution is 7.90. The Bertz CT molecular complexity index is 638. The molecule has 1 amide bonds. The topological polar surface area (TPSA) is 80.5 Å². The summed E-state index contributed by atoms with van der Waals surface area (Å²) in [5.74, 6) is -0.166. The molecule has 1 saturated heterocycles. The van der Waals surface area contributed by atoms with Gasteiger partial charge in [0.05, 0.1) is 15.9 Å². The Morgan fingerprint density at radius 1 is 1.35 bits per heavy atom. The molecule has 1 fully saturated rings. The van der Waals surface area contributed by atoms with Crippen LogP contribution >= 0.6 is 12.2 Å². The Morgan fingerprint density at radius 2 is 1.95 bits per heavy atom. The van der Waals surface area contributed by atoms with Crippen LogP contribution in [0.5, 0.6) is 0 Å². The summed E-state index contributed by atoms with van der Waals surface area (Å²) in [6.07, 6.45) is 2.78. The van der Waals surface area contributed by atoms with E-state index < -0.39 is 9.84 Å². The van der Waals surface area contributed by atoms with Crippen molar-refractivity contribution in [3.8, 4) is 0 Å². The number of carbonyl (C=O) groups excluding carboxylic acids is 1. The summed E-state index contributed by atoms with van der Waals surface area (Å²) in [5, 5.41) is 0. The van der Waals surface area contributed by atoms with Gasteiger partial charge in [0.2, 0.25) is 0 Å². The number of nitrogens with zero attached hydrogens (tertiary/aromatic N) is 1. The Kier molecular flexibility index (Phi) is 4.10. The minimum absolute atomic E-state index is 0.166. The number of rotatable bonds is 3. The molecule has 0 radical (unpaired) electrons. The second-order valence-corrected chi connectivity index (χ2v) is 7.34. The van der Waals surface area contributed by atoms with Gasteiger partial charge < -0.3 is 10.6 Å². The van der Waals surface area contributed by atoms with E-state index in [0.717, 1.165) is 19.1 Å². The van der Waals surface area contributed by atoms with Gasteiger partial charge in [0.1, 0.15) is 0 Å². The Hall–Kier alpha value is -1.47. The Labute approximate surface area is 123 Å². The van der Waals surface area contributed by atoms with E-state index in [2.05, 4.69) is 0 Å². The first-order valence-electron chi connectivity index (χ1n) is 6.21. The average molecular weight is 312 g/mol. The van der Waals surface area contributed by atoms with Crippen LogP contribution in [0, 0.1) is 0 Å². The first kappa shape index (κ1) is 14.9. The third-order valence-electron chi connectivity index (χ3n) is 3.37. The molecule has 20 heavy (non-hydrogen) atoms. The van der Waals surface area contributed by atoms with E-state index in [1.165, 1.54) is 24.3 Å². The number of likely N-dealkylation sites (tertiary alicyclic amines) is 1. The highest BCUT2D eigenvalue weighted by Gasteiger charge is 2.31. The lowest BCUT2D eigenvalue weighted by atomic mass is 10.1. The molecule has 2 N–H and O–H groups in total. The third kappa shape index (κ3) is 2.99. The monoisotopic (exact) mass is 312 g/mol. The minimum atomic E-state index is -3.25. The van der Waals surface area contributed by atoms with Crippen LogP contribution < -0.4 is 5.73 Å². The molecule has 2 rings (SSSR count). The molecule has 5 nitrogen and oxygen atoms in total. The van der Waals surface area contributed by atoms with E-state index in [4.69, 9.17) is 18.0 Å². The van der Waals surface area contributed by atoms with Crippen LogP contribution in [0.2, 0.25) is 0 Å². The molecule has 1 aromatic carbocycles. The molecule has 1 heterocycles. The van der Waals surface area contributed by atoms with Crippen molar-refractivity contribution < 1.29 is 13.2 Å². The van der Waals surface area contributed by atoms with Gasteiger partial charge in [-0.25, -0.2) is 8.42 Å². The maximum Gasteiger partial charge on any atom is 0.254 e. The largest absolute Gasteiger partial charge is 0.392 e. The molecule has 0 aliphatic carbocycles. The number of nitrogens with two attached hydrogens (primary N) is 1. The summed E-state index contributed by atoms with van der Waals surface area (Å²) in [5.41, 5.74) is 6.09. The van der Waals surface area contributed by atoms with Crippen molar-refractivity contribution in [1.82, 2.24) is 4.90 Å². The number of benzene rings is 1. The standard InChI is InChI=1S/C13H16N2O3S2/c1-20(17,18)10-6-4-9(5-7-10)13(16)15-8-2-3-11(15)12(14)19/h4-7,11H,2-3,8H2,1H3,(H2,14,19). The van der Waals surface area contributed by atoms with Crippen LogP contribution in [0.4, 0.5) is 0 Å². The molecule has 0 saturated carbocycles. The summed E-state index contributed by atoms with van der Waals surface area (Å²) in [7, 11) is -3.25. The van der Waals surface area contributed by atoms with E-state index in [0.29, 0.717) is 17.1 Å². The highest BCUT2D eigenvalue weighted by atomic mass is 32.2. The van der Waals surface area contributed by atoms with Gasteiger partial charge in [-0.15, -0.1) is 0 Å². The SMILES string of the molecule is CS(=O)(=O)c1ccc(C(=O)N2CCCC2C(N)=S)cc1. The fourth-order valence-corrected chi connectivity index (χ4v) is 3.19. The number of thiocarbonyl (C=S) groups is 1. The number of hydrogen-bond donors (Lipinski definition) is 1. The zero-order chi connectivity index (χ0) is 14.9. The van der Waals surface area contributed by atoms with Gasteiger partial charge >= 0.3 is 0 Å². The number of sulfone groups is 1. The normalized spacial score (nSPS) is 19.1. The van der Waals surface area contributed by atoms with E-state index in [1.807, 2.05) is 0 Å². The summed E-state index contributed by atoms with van der Waals surface area (Å²) in [4.78, 5) is 14.6. The van der Waals surface area contributed by atoms with Crippen LogP contribution in [-0.4, -0.2) is 43.1 Å². The summed E-state index contributed by atoms with van der Waals surface area (Å²) in [6, 6.07) is 5.72. The van der Waals surface area contributed by atoms with Crippen LogP contribution in [0.3, 0.4) is 0 Å². The molecule has 1 atom stereocenters. The van der Waals surface area contributed by atoms with Crippen molar-refractivity contribution in [1.29, 1.82) is 0 Å². The lowest BCUT2D eigenvalue weighted by Gasteiger charge is -2.23. The van der Waals surface area contributed by atoms with E-state index in [9.17, 15) is 13.2 Å². The van der Waals surface area contributed by atoms with Crippen LogP contribution in [0.25, 0.3) is 0 Å². The fraction of sp³-hybridized carbons (Fsp3) is 0.385. The molecule has 7 heteroatoms. The second-order valence-electron chi connectivity index (χ2n) is 4.86. The predicted molar refractivity (Wildman–Crippen MR) is 80.4 cm³/mol. The molecule has 0 aromatic heterocycles. The molecular formula is C13H16N2O3S2. The number of carbonyl (C=O) groups is 1. The first-order chi connectivity index (χ1) is 9.30. The van der Waals surface area contributed by atoms with Gasteiger partial charge in [-0.05, 0) is 37.1 Å². The molecular weight excluding hydrogens is 296 g/mol. The zero-order valence-corrected chi connectivity index (χ0v) is 12.7. The first-order valence-corrected chi connectivity index (χ1v) is 8.51. The highest BCUT2D eigenvalue weighted by Crippen LogP contribution is 2.21. The predicted octanol–water partition coefficient (Wildman–Crippen LogP) is 0.981. The second kappa shape index (κ2) is 5.49. The number of amides is 1. The van der Waals surface area contributed by atoms with E-state index in [1.54, 1.807) is 4.90 Å². The van der Waals surface area contributed by atoms with Gasteiger partial charge in [-0.3, -0.25) is 4.79 Å². The smallest absolute Gasteiger partial charge is 0.254 e. The zero-order valence-electron chi connectivity index (χ0n) is 11.1. The molecule has 108 valence electrons. The summed E-state index contributed by atoms with van der Waals surface area (Å²) < 4.78 is 22.8. The third-order valence-corrected chi connectivity index (χ3v) is 4.77. The maximum absolute atomic E-state index is 12.4. The number of hydrogen-bond acceptors (Lipinski definition) is 4. The van der Waals surface area contributed by atoms with Crippen molar-refractivity contribution in [2.45, 2.75) is 23.8 Å². The van der Waals surface area contributed by atoms with E-state index in [-0.39, 0.29) is 16.8 Å². The van der Waals surface area contributed by atoms with Crippen LogP contribution in [0.15, 0.2) is 29.2 Å². The van der Waals surface area contributed by atoms with E-state index >= 15 is 0 Å². The average Bonchev–Trinajstić information content (AvgIpc) is 2.86.